The summed E-state index contributed by atoms with van der Waals surface area (Å²) in [4.78, 5) is 36.6. The summed E-state index contributed by atoms with van der Waals surface area (Å²) in [6.45, 7) is 0.0450. The molecule has 0 spiro atoms. The number of hydrogen-bond acceptors (Lipinski definition) is 9. The predicted molar refractivity (Wildman–Crippen MR) is 133 cm³/mol. The van der Waals surface area contributed by atoms with E-state index in [0.717, 1.165) is 0 Å². The fraction of sp³-hybridized carbons (Fsp3) is 0.148. The summed E-state index contributed by atoms with van der Waals surface area (Å²) in [6, 6.07) is 18.0. The fourth-order valence-electron chi connectivity index (χ4n) is 3.79. The molecule has 1 aromatic heterocycles. The van der Waals surface area contributed by atoms with E-state index in [2.05, 4.69) is 20.8 Å². The highest BCUT2D eigenvalue weighted by atomic mass is 19.1. The summed E-state index contributed by atoms with van der Waals surface area (Å²) in [5.74, 6) is -0.351. The molecule has 39 heavy (non-hydrogen) atoms. The summed E-state index contributed by atoms with van der Waals surface area (Å²) in [7, 11) is 1.42. The van der Waals surface area contributed by atoms with Crippen molar-refractivity contribution >= 4 is 17.8 Å². The van der Waals surface area contributed by atoms with Gasteiger partial charge in [0, 0.05) is 24.7 Å². The maximum Gasteiger partial charge on any atom is 0.328 e. The summed E-state index contributed by atoms with van der Waals surface area (Å²) in [5.41, 5.74) is -0.700. The predicted octanol–water partition coefficient (Wildman–Crippen LogP) is 3.86. The third-order valence-corrected chi connectivity index (χ3v) is 5.81. The Bertz CT molecular complexity index is 1480. The summed E-state index contributed by atoms with van der Waals surface area (Å²) < 4.78 is 35.5. The monoisotopic (exact) mass is 532 g/mol. The van der Waals surface area contributed by atoms with Crippen molar-refractivity contribution < 1.29 is 37.4 Å². The molecule has 1 fully saturated rings. The molecule has 0 unspecified atom stereocenters. The number of ether oxygens (including phenoxy) is 3. The van der Waals surface area contributed by atoms with Gasteiger partial charge in [0.2, 0.25) is 11.8 Å². The Morgan fingerprint density at radius 1 is 0.769 bits per heavy atom. The molecule has 2 N–H and O–H groups in total. The number of hydrogen-bond donors (Lipinski definition) is 2. The molecule has 1 aliphatic rings. The third-order valence-electron chi connectivity index (χ3n) is 5.81. The molecule has 12 heteroatoms. The van der Waals surface area contributed by atoms with Gasteiger partial charge < -0.3 is 18.6 Å². The molecule has 0 bridgehead atoms. The minimum Gasteiger partial charge on any atom is -0.467 e. The Kier molecular flexibility index (Phi) is 7.02. The molecular weight excluding hydrogens is 511 g/mol. The standard InChI is InChI=1S/C27H21FN4O7/c1-36-15-14-27(24(33)29-26(35)30-25(27)34)39-21-12-10-20(11-13-21)37-19-8-4-17(5-9-19)23-32-31-22(38-23)16-2-6-18(28)7-3-16/h2-13H,14-15H2,1H3,(H2,29,30,33,34,35). The number of urea groups is 1. The van der Waals surface area contributed by atoms with Gasteiger partial charge >= 0.3 is 6.03 Å². The van der Waals surface area contributed by atoms with E-state index in [0.29, 0.717) is 28.5 Å². The van der Waals surface area contributed by atoms with Crippen LogP contribution in [0.5, 0.6) is 17.2 Å². The highest BCUT2D eigenvalue weighted by Gasteiger charge is 2.52. The molecular formula is C27H21FN4O7. The van der Waals surface area contributed by atoms with E-state index in [4.69, 9.17) is 18.6 Å². The van der Waals surface area contributed by atoms with Gasteiger partial charge in [0.15, 0.2) is 0 Å². The molecule has 2 heterocycles. The maximum absolute atomic E-state index is 13.1. The van der Waals surface area contributed by atoms with Gasteiger partial charge in [-0.3, -0.25) is 20.2 Å². The fourth-order valence-corrected chi connectivity index (χ4v) is 3.79. The summed E-state index contributed by atoms with van der Waals surface area (Å²) in [5, 5.41) is 12.2. The van der Waals surface area contributed by atoms with Crippen LogP contribution in [0.25, 0.3) is 22.9 Å². The van der Waals surface area contributed by atoms with E-state index in [9.17, 15) is 18.8 Å². The highest BCUT2D eigenvalue weighted by molar-refractivity contribution is 6.21. The van der Waals surface area contributed by atoms with Gasteiger partial charge in [-0.15, -0.1) is 10.2 Å². The molecule has 4 aromatic rings. The average Bonchev–Trinajstić information content (AvgIpc) is 3.42. The smallest absolute Gasteiger partial charge is 0.328 e. The number of carbonyl (C=O) groups excluding carboxylic acids is 3. The van der Waals surface area contributed by atoms with E-state index in [1.807, 2.05) is 0 Å². The molecule has 3 aromatic carbocycles. The van der Waals surface area contributed by atoms with Crippen LogP contribution >= 0.6 is 0 Å². The number of methoxy groups -OCH3 is 1. The van der Waals surface area contributed by atoms with Crippen molar-refractivity contribution in [2.24, 2.45) is 0 Å². The Morgan fingerprint density at radius 2 is 1.26 bits per heavy atom. The van der Waals surface area contributed by atoms with Gasteiger partial charge in [0.1, 0.15) is 23.1 Å². The van der Waals surface area contributed by atoms with Crippen LogP contribution in [0.2, 0.25) is 0 Å². The second kappa shape index (κ2) is 10.7. The number of carbonyl (C=O) groups is 3. The lowest BCUT2D eigenvalue weighted by molar-refractivity contribution is -0.153. The zero-order valence-electron chi connectivity index (χ0n) is 20.5. The average molecular weight is 532 g/mol. The Morgan fingerprint density at radius 3 is 1.79 bits per heavy atom. The number of imide groups is 2. The number of nitrogens with zero attached hydrogens (tertiary/aromatic N) is 2. The van der Waals surface area contributed by atoms with E-state index in [1.165, 1.54) is 31.4 Å². The van der Waals surface area contributed by atoms with Crippen LogP contribution in [-0.4, -0.2) is 47.4 Å². The topological polar surface area (TPSA) is 142 Å². The minimum atomic E-state index is -1.96. The van der Waals surface area contributed by atoms with Crippen LogP contribution in [0.4, 0.5) is 9.18 Å². The van der Waals surface area contributed by atoms with Crippen LogP contribution in [0.1, 0.15) is 6.42 Å². The third kappa shape index (κ3) is 5.45. The van der Waals surface area contributed by atoms with Crippen LogP contribution < -0.4 is 20.1 Å². The number of amides is 4. The van der Waals surface area contributed by atoms with E-state index < -0.39 is 23.4 Å². The molecule has 0 radical (unpaired) electrons. The Labute approximate surface area is 220 Å². The number of aromatic nitrogens is 2. The van der Waals surface area contributed by atoms with Crippen molar-refractivity contribution in [3.05, 3.63) is 78.6 Å². The second-order valence-electron chi connectivity index (χ2n) is 8.43. The van der Waals surface area contributed by atoms with E-state index in [-0.39, 0.29) is 30.5 Å². The number of benzene rings is 3. The van der Waals surface area contributed by atoms with Gasteiger partial charge in [-0.25, -0.2) is 9.18 Å². The zero-order valence-corrected chi connectivity index (χ0v) is 20.5. The van der Waals surface area contributed by atoms with Gasteiger partial charge in [0.25, 0.3) is 17.4 Å². The maximum atomic E-state index is 13.1. The van der Waals surface area contributed by atoms with Gasteiger partial charge in [-0.1, -0.05) is 0 Å². The summed E-state index contributed by atoms with van der Waals surface area (Å²) >= 11 is 0. The first-order valence-corrected chi connectivity index (χ1v) is 11.7. The van der Waals surface area contributed by atoms with Gasteiger partial charge in [-0.2, -0.15) is 0 Å². The van der Waals surface area contributed by atoms with Crippen LogP contribution in [-0.2, 0) is 14.3 Å². The van der Waals surface area contributed by atoms with Crippen LogP contribution in [0, 0.1) is 5.82 Å². The van der Waals surface area contributed by atoms with Crippen molar-refractivity contribution in [1.29, 1.82) is 0 Å². The van der Waals surface area contributed by atoms with Crippen molar-refractivity contribution in [3.8, 4) is 40.2 Å². The van der Waals surface area contributed by atoms with Crippen molar-refractivity contribution in [2.75, 3.05) is 13.7 Å². The Balaban J connectivity index is 1.25. The number of nitrogens with one attached hydrogen (secondary N) is 2. The van der Waals surface area contributed by atoms with Crippen LogP contribution in [0.15, 0.2) is 77.2 Å². The lowest BCUT2D eigenvalue weighted by atomic mass is 9.95. The number of barbiturate groups is 1. The lowest BCUT2D eigenvalue weighted by Crippen LogP contribution is -2.69. The molecule has 0 aliphatic carbocycles. The number of halogens is 1. The molecule has 0 atom stereocenters. The first kappa shape index (κ1) is 25.5. The normalized spacial score (nSPS) is 14.5. The van der Waals surface area contributed by atoms with E-state index >= 15 is 0 Å². The lowest BCUT2D eigenvalue weighted by Gasteiger charge is -2.34. The first-order valence-electron chi connectivity index (χ1n) is 11.7. The van der Waals surface area contributed by atoms with E-state index in [1.54, 1.807) is 48.5 Å². The Hall–Kier alpha value is -5.10. The van der Waals surface area contributed by atoms with Crippen molar-refractivity contribution in [1.82, 2.24) is 20.8 Å². The SMILES string of the molecule is COCCC1(Oc2ccc(Oc3ccc(-c4nnc(-c5ccc(F)cc5)o4)cc3)cc2)C(=O)NC(=O)NC1=O. The van der Waals surface area contributed by atoms with Crippen molar-refractivity contribution in [3.63, 3.8) is 0 Å². The van der Waals surface area contributed by atoms with Crippen molar-refractivity contribution in [2.45, 2.75) is 12.0 Å². The van der Waals surface area contributed by atoms with Gasteiger partial charge in [-0.05, 0) is 72.8 Å². The molecule has 4 amide bonds. The molecule has 1 aliphatic heterocycles. The second-order valence-corrected chi connectivity index (χ2v) is 8.43. The molecule has 5 rings (SSSR count). The summed E-state index contributed by atoms with van der Waals surface area (Å²) in [6.07, 6.45) is -0.107. The highest BCUT2D eigenvalue weighted by Crippen LogP contribution is 2.30. The molecule has 0 saturated carbocycles. The quantitative estimate of drug-likeness (QED) is 0.307. The molecule has 11 nitrogen and oxygen atoms in total. The van der Waals surface area contributed by atoms with Crippen LogP contribution in [0.3, 0.4) is 0 Å². The minimum absolute atomic E-state index is 0.0450. The molecule has 198 valence electrons. The van der Waals surface area contributed by atoms with Gasteiger partial charge in [0.05, 0.1) is 6.61 Å². The largest absolute Gasteiger partial charge is 0.467 e. The first-order chi connectivity index (χ1) is 18.9. The number of rotatable bonds is 9. The zero-order chi connectivity index (χ0) is 27.4. The molecule has 1 saturated heterocycles.